The Kier molecular flexibility index (Phi) is 8.62. The van der Waals surface area contributed by atoms with Crippen molar-refractivity contribution >= 4 is 41.4 Å². The third-order valence-corrected chi connectivity index (χ3v) is 4.04. The third kappa shape index (κ3) is 6.15. The van der Waals surface area contributed by atoms with Crippen LogP contribution in [-0.2, 0) is 6.54 Å². The van der Waals surface area contributed by atoms with Crippen LogP contribution in [0.5, 0.6) is 11.5 Å². The number of hydrogen-bond donors (Lipinski definition) is 2. The van der Waals surface area contributed by atoms with Crippen molar-refractivity contribution in [3.8, 4) is 11.5 Å². The van der Waals surface area contributed by atoms with Gasteiger partial charge in [0.25, 0.3) is 0 Å². The number of benzene rings is 1. The number of halogens is 1. The molecule has 1 aromatic carbocycles. The highest BCUT2D eigenvalue weighted by Gasteiger charge is 2.11. The van der Waals surface area contributed by atoms with E-state index < -0.39 is 0 Å². The minimum atomic E-state index is 0. The van der Waals surface area contributed by atoms with E-state index in [0.29, 0.717) is 19.8 Å². The van der Waals surface area contributed by atoms with E-state index in [0.717, 1.165) is 47.5 Å². The molecule has 0 amide bonds. The Morgan fingerprint density at radius 1 is 1.14 bits per heavy atom. The molecule has 0 unspecified atom stereocenters. The summed E-state index contributed by atoms with van der Waals surface area (Å²) >= 11 is 0. The number of hydrogen-bond acceptors (Lipinski definition) is 5. The molecule has 152 valence electrons. The third-order valence-electron chi connectivity index (χ3n) is 4.04. The number of ether oxygens (including phenoxy) is 2. The van der Waals surface area contributed by atoms with Crippen LogP contribution in [0, 0.1) is 0 Å². The van der Waals surface area contributed by atoms with Crippen LogP contribution in [0.15, 0.2) is 41.5 Å². The Labute approximate surface area is 183 Å². The number of aliphatic imine (C=N–C) groups is 1. The zero-order valence-corrected chi connectivity index (χ0v) is 18.9. The van der Waals surface area contributed by atoms with Crippen LogP contribution in [0.2, 0.25) is 0 Å². The summed E-state index contributed by atoms with van der Waals surface area (Å²) in [5.74, 6) is 3.19. The fourth-order valence-electron chi connectivity index (χ4n) is 2.66. The van der Waals surface area contributed by atoms with Crippen molar-refractivity contribution in [3.63, 3.8) is 0 Å². The van der Waals surface area contributed by atoms with Gasteiger partial charge in [-0.15, -0.1) is 24.0 Å². The van der Waals surface area contributed by atoms with E-state index >= 15 is 0 Å². The summed E-state index contributed by atoms with van der Waals surface area (Å²) in [4.78, 5) is 11.0. The smallest absolute Gasteiger partial charge is 0.196 e. The van der Waals surface area contributed by atoms with E-state index in [4.69, 9.17) is 9.47 Å². The van der Waals surface area contributed by atoms with E-state index in [2.05, 4.69) is 20.6 Å². The van der Waals surface area contributed by atoms with Gasteiger partial charge in [0.05, 0.1) is 19.8 Å². The lowest BCUT2D eigenvalue weighted by atomic mass is 10.2. The highest BCUT2D eigenvalue weighted by atomic mass is 127. The highest BCUT2D eigenvalue weighted by Crippen LogP contribution is 2.32. The molecule has 3 rings (SSSR count). The first-order chi connectivity index (χ1) is 13.2. The van der Waals surface area contributed by atoms with Crippen molar-refractivity contribution < 1.29 is 9.47 Å². The molecule has 1 aliphatic heterocycles. The van der Waals surface area contributed by atoms with Crippen molar-refractivity contribution in [1.82, 2.24) is 10.3 Å². The largest absolute Gasteiger partial charge is 0.490 e. The lowest BCUT2D eigenvalue weighted by Gasteiger charge is -2.14. The van der Waals surface area contributed by atoms with Crippen molar-refractivity contribution in [2.45, 2.75) is 19.9 Å². The second kappa shape index (κ2) is 10.9. The maximum absolute atomic E-state index is 5.76. The molecular weight excluding hydrogens is 469 g/mol. The van der Waals surface area contributed by atoms with Crippen LogP contribution in [0.25, 0.3) is 0 Å². The number of nitrogens with one attached hydrogen (secondary N) is 2. The Morgan fingerprint density at radius 3 is 2.68 bits per heavy atom. The molecule has 2 aromatic rings. The average Bonchev–Trinajstić information content (AvgIpc) is 2.91. The lowest BCUT2D eigenvalue weighted by molar-refractivity contribution is 0.297. The molecule has 0 bridgehead atoms. The molecule has 1 aliphatic rings. The van der Waals surface area contributed by atoms with Gasteiger partial charge in [0, 0.05) is 45.0 Å². The number of anilines is 2. The van der Waals surface area contributed by atoms with Crippen molar-refractivity contribution in [3.05, 3.63) is 42.1 Å². The maximum Gasteiger partial charge on any atom is 0.196 e. The van der Waals surface area contributed by atoms with Gasteiger partial charge in [-0.2, -0.15) is 0 Å². The molecule has 0 saturated heterocycles. The van der Waals surface area contributed by atoms with Gasteiger partial charge in [0.1, 0.15) is 5.82 Å². The van der Waals surface area contributed by atoms with Crippen molar-refractivity contribution in [2.75, 3.05) is 44.1 Å². The Balaban J connectivity index is 0.00000280. The lowest BCUT2D eigenvalue weighted by Crippen LogP contribution is -2.30. The predicted octanol–water partition coefficient (Wildman–Crippen LogP) is 3.50. The number of pyridine rings is 1. The van der Waals surface area contributed by atoms with Crippen LogP contribution in [0.1, 0.15) is 18.9 Å². The number of aromatic nitrogens is 1. The monoisotopic (exact) mass is 497 g/mol. The molecule has 2 heterocycles. The Bertz CT molecular complexity index is 798. The van der Waals surface area contributed by atoms with E-state index in [-0.39, 0.29) is 24.0 Å². The Morgan fingerprint density at radius 2 is 1.93 bits per heavy atom. The van der Waals surface area contributed by atoms with Gasteiger partial charge in [0.15, 0.2) is 17.5 Å². The number of fused-ring (bicyclic) bond motifs is 1. The standard InChI is InChI=1S/C20H27N5O2.HI/c1-4-21-20(23-14-15-8-9-22-19(12-15)25(2)3)24-16-6-7-17-18(13-16)27-11-5-10-26-17;/h6-9,12-13H,4-5,10-11,14H2,1-3H3,(H2,21,23,24);1H. The molecule has 7 nitrogen and oxygen atoms in total. The Hall–Kier alpha value is -2.23. The number of nitrogens with zero attached hydrogens (tertiary/aromatic N) is 3. The summed E-state index contributed by atoms with van der Waals surface area (Å²) in [6.45, 7) is 4.73. The number of guanidine groups is 1. The zero-order valence-electron chi connectivity index (χ0n) is 16.6. The predicted molar refractivity (Wildman–Crippen MR) is 124 cm³/mol. The first-order valence-corrected chi connectivity index (χ1v) is 9.23. The molecular formula is C20H28IN5O2. The van der Waals surface area contributed by atoms with Gasteiger partial charge in [-0.25, -0.2) is 9.98 Å². The molecule has 28 heavy (non-hydrogen) atoms. The molecule has 0 fully saturated rings. The van der Waals surface area contributed by atoms with E-state index in [1.54, 1.807) is 0 Å². The first kappa shape index (κ1) is 22.1. The second-order valence-electron chi connectivity index (χ2n) is 6.45. The second-order valence-corrected chi connectivity index (χ2v) is 6.45. The first-order valence-electron chi connectivity index (χ1n) is 9.23. The fourth-order valence-corrected chi connectivity index (χ4v) is 2.66. The van der Waals surface area contributed by atoms with Gasteiger partial charge < -0.3 is 25.0 Å². The normalized spacial score (nSPS) is 13.2. The van der Waals surface area contributed by atoms with Gasteiger partial charge in [0.2, 0.25) is 0 Å². The number of rotatable bonds is 5. The molecule has 1 aromatic heterocycles. The topological polar surface area (TPSA) is 71.0 Å². The van der Waals surface area contributed by atoms with Crippen molar-refractivity contribution in [2.24, 2.45) is 4.99 Å². The summed E-state index contributed by atoms with van der Waals surface area (Å²) in [5.41, 5.74) is 2.01. The SMILES string of the molecule is CCNC(=NCc1ccnc(N(C)C)c1)Nc1ccc2c(c1)OCCCO2.I. The van der Waals surface area contributed by atoms with E-state index in [9.17, 15) is 0 Å². The maximum atomic E-state index is 5.76. The quantitative estimate of drug-likeness (QED) is 0.375. The van der Waals surface area contributed by atoms with Crippen molar-refractivity contribution in [1.29, 1.82) is 0 Å². The summed E-state index contributed by atoms with van der Waals surface area (Å²) in [6.07, 6.45) is 2.70. The van der Waals surface area contributed by atoms with Crippen LogP contribution in [0.3, 0.4) is 0 Å². The molecule has 8 heteroatoms. The van der Waals surface area contributed by atoms with Gasteiger partial charge in [-0.3, -0.25) is 0 Å². The molecule has 0 atom stereocenters. The van der Waals surface area contributed by atoms with Crippen LogP contribution >= 0.6 is 24.0 Å². The van der Waals surface area contributed by atoms with Crippen LogP contribution < -0.4 is 25.0 Å². The van der Waals surface area contributed by atoms with Gasteiger partial charge in [-0.05, 0) is 36.8 Å². The van der Waals surface area contributed by atoms with E-state index in [1.807, 2.05) is 62.4 Å². The minimum Gasteiger partial charge on any atom is -0.490 e. The summed E-state index contributed by atoms with van der Waals surface area (Å²) in [5, 5.41) is 6.61. The molecule has 0 radical (unpaired) electrons. The average molecular weight is 497 g/mol. The highest BCUT2D eigenvalue weighted by molar-refractivity contribution is 14.0. The molecule has 0 spiro atoms. The van der Waals surface area contributed by atoms with Crippen LogP contribution in [0.4, 0.5) is 11.5 Å². The zero-order chi connectivity index (χ0) is 19.1. The minimum absolute atomic E-state index is 0. The summed E-state index contributed by atoms with van der Waals surface area (Å²) in [6, 6.07) is 9.87. The molecule has 2 N–H and O–H groups in total. The van der Waals surface area contributed by atoms with E-state index in [1.165, 1.54) is 0 Å². The van der Waals surface area contributed by atoms with Crippen LogP contribution in [-0.4, -0.2) is 44.8 Å². The molecule has 0 saturated carbocycles. The van der Waals surface area contributed by atoms with Gasteiger partial charge in [-0.1, -0.05) is 0 Å². The van der Waals surface area contributed by atoms with Gasteiger partial charge >= 0.3 is 0 Å². The molecule has 0 aliphatic carbocycles. The fraction of sp³-hybridized carbons (Fsp3) is 0.400. The summed E-state index contributed by atoms with van der Waals surface area (Å²) < 4.78 is 11.4. The summed E-state index contributed by atoms with van der Waals surface area (Å²) in [7, 11) is 3.95.